The summed E-state index contributed by atoms with van der Waals surface area (Å²) in [6, 6.07) is 8.36. The summed E-state index contributed by atoms with van der Waals surface area (Å²) in [5.41, 5.74) is 0. The third kappa shape index (κ3) is 15.0. The van der Waals surface area contributed by atoms with E-state index in [0.29, 0.717) is 0 Å². The van der Waals surface area contributed by atoms with E-state index in [1.807, 2.05) is 0 Å². The molecule has 0 bridgehead atoms. The van der Waals surface area contributed by atoms with Crippen molar-refractivity contribution in [1.82, 2.24) is 0 Å². The van der Waals surface area contributed by atoms with Gasteiger partial charge in [-0.15, -0.1) is 0 Å². The SMILES string of the molecule is CCCCCCCCCCCCCCCCOS(=O)(=O)c1ccccc1.[CaH2]. The molecule has 1 aromatic rings. The summed E-state index contributed by atoms with van der Waals surface area (Å²) in [6.07, 6.45) is 18.0. The van der Waals surface area contributed by atoms with Gasteiger partial charge in [0.2, 0.25) is 0 Å². The minimum absolute atomic E-state index is 0. The second-order valence-electron chi connectivity index (χ2n) is 7.19. The van der Waals surface area contributed by atoms with E-state index in [-0.39, 0.29) is 49.2 Å². The van der Waals surface area contributed by atoms with E-state index in [4.69, 9.17) is 4.18 Å². The number of unbranched alkanes of at least 4 members (excludes halogenated alkanes) is 13. The van der Waals surface area contributed by atoms with Gasteiger partial charge in [-0.1, -0.05) is 109 Å². The Hall–Kier alpha value is 0.390. The first-order valence-electron chi connectivity index (χ1n) is 10.6. The van der Waals surface area contributed by atoms with Crippen LogP contribution < -0.4 is 0 Å². The van der Waals surface area contributed by atoms with Crippen molar-refractivity contribution < 1.29 is 12.6 Å². The zero-order valence-electron chi connectivity index (χ0n) is 16.6. The van der Waals surface area contributed by atoms with Crippen LogP contribution in [-0.4, -0.2) is 52.8 Å². The molecule has 27 heavy (non-hydrogen) atoms. The summed E-state index contributed by atoms with van der Waals surface area (Å²) >= 11 is 0. The van der Waals surface area contributed by atoms with Crippen LogP contribution in [0.2, 0.25) is 0 Å². The maximum absolute atomic E-state index is 11.9. The molecule has 0 amide bonds. The summed E-state index contributed by atoms with van der Waals surface area (Å²) in [5, 5.41) is 0. The fourth-order valence-corrected chi connectivity index (χ4v) is 4.08. The summed E-state index contributed by atoms with van der Waals surface area (Å²) in [4.78, 5) is 0.241. The Morgan fingerprint density at radius 1 is 0.667 bits per heavy atom. The quantitative estimate of drug-likeness (QED) is 0.176. The van der Waals surface area contributed by atoms with E-state index in [1.54, 1.807) is 30.3 Å². The normalized spacial score (nSPS) is 11.3. The second kappa shape index (κ2) is 18.4. The van der Waals surface area contributed by atoms with Crippen LogP contribution in [0.3, 0.4) is 0 Å². The Morgan fingerprint density at radius 3 is 1.52 bits per heavy atom. The number of hydrogen-bond donors (Lipinski definition) is 0. The number of hydrogen-bond acceptors (Lipinski definition) is 3. The van der Waals surface area contributed by atoms with Gasteiger partial charge in [0.05, 0.1) is 11.5 Å². The molecule has 0 saturated carbocycles. The van der Waals surface area contributed by atoms with Crippen molar-refractivity contribution in [3.63, 3.8) is 0 Å². The van der Waals surface area contributed by atoms with Gasteiger partial charge in [-0.05, 0) is 18.6 Å². The van der Waals surface area contributed by atoms with Gasteiger partial charge >= 0.3 is 37.7 Å². The molecule has 1 rings (SSSR count). The molecule has 0 aromatic heterocycles. The summed E-state index contributed by atoms with van der Waals surface area (Å²) in [5.74, 6) is 0. The van der Waals surface area contributed by atoms with Crippen LogP contribution in [0.25, 0.3) is 0 Å². The molecule has 0 unspecified atom stereocenters. The van der Waals surface area contributed by atoms with Crippen LogP contribution in [0.4, 0.5) is 0 Å². The first kappa shape index (κ1) is 27.4. The molecule has 0 atom stereocenters. The van der Waals surface area contributed by atoms with Crippen LogP contribution >= 0.6 is 0 Å². The molecule has 1 aromatic carbocycles. The van der Waals surface area contributed by atoms with Gasteiger partial charge < -0.3 is 0 Å². The van der Waals surface area contributed by atoms with Gasteiger partial charge in [0.15, 0.2) is 0 Å². The predicted octanol–water partition coefficient (Wildman–Crippen LogP) is 5.96. The van der Waals surface area contributed by atoms with Gasteiger partial charge in [0, 0.05) is 0 Å². The molecule has 154 valence electrons. The summed E-state index contributed by atoms with van der Waals surface area (Å²) < 4.78 is 29.0. The molecule has 0 aliphatic carbocycles. The Morgan fingerprint density at radius 2 is 1.07 bits per heavy atom. The maximum atomic E-state index is 11.9. The van der Waals surface area contributed by atoms with E-state index in [0.717, 1.165) is 12.8 Å². The van der Waals surface area contributed by atoms with Gasteiger partial charge in [-0.25, -0.2) is 0 Å². The van der Waals surface area contributed by atoms with Crippen LogP contribution in [0.15, 0.2) is 35.2 Å². The summed E-state index contributed by atoms with van der Waals surface area (Å²) in [6.45, 7) is 2.55. The van der Waals surface area contributed by atoms with Gasteiger partial charge in [-0.2, -0.15) is 8.42 Å². The monoisotopic (exact) mass is 424 g/mol. The van der Waals surface area contributed by atoms with Crippen molar-refractivity contribution in [1.29, 1.82) is 0 Å². The minimum atomic E-state index is -3.58. The standard InChI is InChI=1S/C22H38O3S.Ca.2H/c1-2-3-4-5-6-7-8-9-10-11-12-13-14-18-21-25-26(23,24)22-19-16-15-17-20-22;;;/h15-17,19-20H,2-14,18,21H2,1H3;;;. The van der Waals surface area contributed by atoms with E-state index in [2.05, 4.69) is 6.92 Å². The van der Waals surface area contributed by atoms with E-state index >= 15 is 0 Å². The third-order valence-electron chi connectivity index (χ3n) is 4.77. The predicted molar refractivity (Wildman–Crippen MR) is 118 cm³/mol. The first-order valence-corrected chi connectivity index (χ1v) is 12.0. The van der Waals surface area contributed by atoms with E-state index in [9.17, 15) is 8.42 Å². The average molecular weight is 425 g/mol. The van der Waals surface area contributed by atoms with Crippen LogP contribution in [0.1, 0.15) is 96.8 Å². The molecule has 0 spiro atoms. The molecule has 0 N–H and O–H groups in total. The fraction of sp³-hybridized carbons (Fsp3) is 0.727. The molecule has 3 nitrogen and oxygen atoms in total. The Kier molecular flexibility index (Phi) is 18.7. The molecule has 0 radical (unpaired) electrons. The van der Waals surface area contributed by atoms with Gasteiger partial charge in [-0.3, -0.25) is 4.18 Å². The Bertz CT molecular complexity index is 532. The van der Waals surface area contributed by atoms with Crippen molar-refractivity contribution >= 4 is 47.9 Å². The van der Waals surface area contributed by atoms with Crippen LogP contribution in [0.5, 0.6) is 0 Å². The number of benzene rings is 1. The van der Waals surface area contributed by atoms with Crippen molar-refractivity contribution in [2.45, 2.75) is 102 Å². The molecule has 0 fully saturated rings. The zero-order chi connectivity index (χ0) is 18.9. The average Bonchev–Trinajstić information content (AvgIpc) is 2.65. The fourth-order valence-electron chi connectivity index (χ4n) is 3.12. The molecular weight excluding hydrogens is 384 g/mol. The van der Waals surface area contributed by atoms with Crippen molar-refractivity contribution in [2.75, 3.05) is 6.61 Å². The molecule has 0 aliphatic heterocycles. The topological polar surface area (TPSA) is 43.4 Å². The molecule has 0 saturated heterocycles. The molecular formula is C22H40CaO3S. The molecule has 0 heterocycles. The second-order valence-corrected chi connectivity index (χ2v) is 8.80. The van der Waals surface area contributed by atoms with Crippen LogP contribution in [-0.2, 0) is 14.3 Å². The van der Waals surface area contributed by atoms with Crippen molar-refractivity contribution in [2.24, 2.45) is 0 Å². The Labute approximate surface area is 197 Å². The molecule has 5 heteroatoms. The van der Waals surface area contributed by atoms with Gasteiger partial charge in [0.1, 0.15) is 0 Å². The molecule has 0 aliphatic rings. The third-order valence-corrected chi connectivity index (χ3v) is 6.09. The number of rotatable bonds is 17. The summed E-state index contributed by atoms with van der Waals surface area (Å²) in [7, 11) is -3.58. The van der Waals surface area contributed by atoms with E-state index < -0.39 is 10.1 Å². The van der Waals surface area contributed by atoms with Crippen LogP contribution in [0, 0.1) is 0 Å². The zero-order valence-corrected chi connectivity index (χ0v) is 17.4. The Balaban J connectivity index is 0.00000676. The van der Waals surface area contributed by atoms with Gasteiger partial charge in [0.25, 0.3) is 10.1 Å². The first-order chi connectivity index (χ1) is 12.7. The van der Waals surface area contributed by atoms with Crippen molar-refractivity contribution in [3.8, 4) is 0 Å². The van der Waals surface area contributed by atoms with Crippen molar-refractivity contribution in [3.05, 3.63) is 30.3 Å². The van der Waals surface area contributed by atoms with E-state index in [1.165, 1.54) is 77.0 Å².